The van der Waals surface area contributed by atoms with Gasteiger partial charge in [-0.25, -0.2) is 4.98 Å². The number of aromatic nitrogens is 4. The summed E-state index contributed by atoms with van der Waals surface area (Å²) in [7, 11) is 1.73. The average Bonchev–Trinajstić information content (AvgIpc) is 2.92. The number of aromatic amines is 1. The summed E-state index contributed by atoms with van der Waals surface area (Å²) < 4.78 is 7.25. The van der Waals surface area contributed by atoms with Crippen LogP contribution in [-0.2, 0) is 24.7 Å². The van der Waals surface area contributed by atoms with Crippen molar-refractivity contribution in [2.45, 2.75) is 33.1 Å². The van der Waals surface area contributed by atoms with Gasteiger partial charge in [0.15, 0.2) is 5.52 Å². The standard InChI is InChI=1S/C19H23N5O3/c1-4-6-13-16-17(24(3)23-13)19(26)22-18(21-16)12-9-11(10-15(20)25)7-8-14(12)27-5-2/h7-9H,4-6,10H2,1-3H3,(H2,20,25)(H,21,22,26). The number of hydrogen-bond donors (Lipinski definition) is 2. The molecule has 0 bridgehead atoms. The number of carbonyl (C=O) groups excluding carboxylic acids is 1. The van der Waals surface area contributed by atoms with Crippen molar-refractivity contribution >= 4 is 16.9 Å². The first kappa shape index (κ1) is 18.6. The van der Waals surface area contributed by atoms with Gasteiger partial charge in [-0.05, 0) is 31.0 Å². The van der Waals surface area contributed by atoms with Gasteiger partial charge < -0.3 is 15.5 Å². The lowest BCUT2D eigenvalue weighted by molar-refractivity contribution is -0.117. The molecule has 1 aromatic carbocycles. The lowest BCUT2D eigenvalue weighted by atomic mass is 10.1. The Hall–Kier alpha value is -3.16. The van der Waals surface area contributed by atoms with E-state index in [0.29, 0.717) is 34.8 Å². The monoisotopic (exact) mass is 369 g/mol. The minimum absolute atomic E-state index is 0.0971. The van der Waals surface area contributed by atoms with E-state index in [1.807, 2.05) is 6.92 Å². The first-order valence-corrected chi connectivity index (χ1v) is 8.94. The van der Waals surface area contributed by atoms with E-state index in [2.05, 4.69) is 22.0 Å². The summed E-state index contributed by atoms with van der Waals surface area (Å²) in [6.45, 7) is 4.39. The summed E-state index contributed by atoms with van der Waals surface area (Å²) in [5, 5.41) is 4.43. The number of rotatable bonds is 7. The highest BCUT2D eigenvalue weighted by molar-refractivity contribution is 5.81. The maximum Gasteiger partial charge on any atom is 0.277 e. The zero-order valence-corrected chi connectivity index (χ0v) is 15.7. The second-order valence-corrected chi connectivity index (χ2v) is 6.34. The molecule has 2 heterocycles. The van der Waals surface area contributed by atoms with Crippen LogP contribution in [0.15, 0.2) is 23.0 Å². The van der Waals surface area contributed by atoms with Crippen LogP contribution in [0.25, 0.3) is 22.4 Å². The highest BCUT2D eigenvalue weighted by Gasteiger charge is 2.17. The molecule has 8 nitrogen and oxygen atoms in total. The van der Waals surface area contributed by atoms with Crippen molar-refractivity contribution < 1.29 is 9.53 Å². The summed E-state index contributed by atoms with van der Waals surface area (Å²) in [5.74, 6) is 0.529. The number of nitrogens with one attached hydrogen (secondary N) is 1. The highest BCUT2D eigenvalue weighted by atomic mass is 16.5. The second-order valence-electron chi connectivity index (χ2n) is 6.34. The van der Waals surface area contributed by atoms with Gasteiger partial charge in [0.2, 0.25) is 5.91 Å². The number of carbonyl (C=O) groups is 1. The summed E-state index contributed by atoms with van der Waals surface area (Å²) in [6, 6.07) is 5.32. The minimum Gasteiger partial charge on any atom is -0.493 e. The number of benzene rings is 1. The number of nitrogens with zero attached hydrogens (tertiary/aromatic N) is 3. The van der Waals surface area contributed by atoms with Crippen LogP contribution in [0.1, 0.15) is 31.5 Å². The first-order valence-electron chi connectivity index (χ1n) is 8.94. The molecule has 0 aliphatic carbocycles. The molecular weight excluding hydrogens is 346 g/mol. The van der Waals surface area contributed by atoms with Crippen molar-refractivity contribution in [1.82, 2.24) is 19.7 Å². The molecule has 0 fully saturated rings. The predicted octanol–water partition coefficient (Wildman–Crippen LogP) is 1.70. The van der Waals surface area contributed by atoms with Gasteiger partial charge >= 0.3 is 0 Å². The number of fused-ring (bicyclic) bond motifs is 1. The molecule has 27 heavy (non-hydrogen) atoms. The largest absolute Gasteiger partial charge is 0.493 e. The van der Waals surface area contributed by atoms with Crippen LogP contribution < -0.4 is 16.0 Å². The molecule has 0 spiro atoms. The fourth-order valence-electron chi connectivity index (χ4n) is 3.13. The Bertz CT molecular complexity index is 1050. The third kappa shape index (κ3) is 3.69. The third-order valence-electron chi connectivity index (χ3n) is 4.23. The molecule has 3 rings (SSSR count). The molecule has 8 heteroatoms. The van der Waals surface area contributed by atoms with Crippen LogP contribution in [-0.4, -0.2) is 32.3 Å². The van der Waals surface area contributed by atoms with Gasteiger partial charge in [-0.15, -0.1) is 0 Å². The van der Waals surface area contributed by atoms with Crippen LogP contribution in [0, 0.1) is 0 Å². The van der Waals surface area contributed by atoms with Gasteiger partial charge in [-0.1, -0.05) is 19.4 Å². The van der Waals surface area contributed by atoms with E-state index in [4.69, 9.17) is 10.5 Å². The Kier molecular flexibility index (Phi) is 5.25. The molecule has 142 valence electrons. The average molecular weight is 369 g/mol. The fraction of sp³-hybridized carbons (Fsp3) is 0.368. The zero-order chi connectivity index (χ0) is 19.6. The van der Waals surface area contributed by atoms with E-state index in [1.54, 1.807) is 29.9 Å². The number of nitrogens with two attached hydrogens (primary N) is 1. The van der Waals surface area contributed by atoms with Gasteiger partial charge in [0, 0.05) is 7.05 Å². The lowest BCUT2D eigenvalue weighted by Gasteiger charge is -2.11. The van der Waals surface area contributed by atoms with Crippen molar-refractivity contribution in [2.75, 3.05) is 6.61 Å². The van der Waals surface area contributed by atoms with Crippen molar-refractivity contribution in [3.8, 4) is 17.1 Å². The molecule has 0 saturated carbocycles. The van der Waals surface area contributed by atoms with E-state index in [1.165, 1.54) is 0 Å². The van der Waals surface area contributed by atoms with Crippen LogP contribution >= 0.6 is 0 Å². The smallest absolute Gasteiger partial charge is 0.277 e. The molecule has 0 aliphatic heterocycles. The van der Waals surface area contributed by atoms with Gasteiger partial charge in [0.1, 0.15) is 17.1 Å². The van der Waals surface area contributed by atoms with Crippen molar-refractivity contribution in [3.63, 3.8) is 0 Å². The molecular formula is C19H23N5O3. The zero-order valence-electron chi connectivity index (χ0n) is 15.7. The van der Waals surface area contributed by atoms with Crippen LogP contribution in [0.4, 0.5) is 0 Å². The lowest BCUT2D eigenvalue weighted by Crippen LogP contribution is -2.14. The maximum atomic E-state index is 12.7. The van der Waals surface area contributed by atoms with E-state index in [9.17, 15) is 9.59 Å². The fourth-order valence-corrected chi connectivity index (χ4v) is 3.13. The second kappa shape index (κ2) is 7.61. The molecule has 0 aliphatic rings. The van der Waals surface area contributed by atoms with Crippen LogP contribution in [0.3, 0.4) is 0 Å². The highest BCUT2D eigenvalue weighted by Crippen LogP contribution is 2.29. The Morgan fingerprint density at radius 1 is 1.33 bits per heavy atom. The van der Waals surface area contributed by atoms with Crippen molar-refractivity contribution in [1.29, 1.82) is 0 Å². The first-order chi connectivity index (χ1) is 12.9. The van der Waals surface area contributed by atoms with Crippen molar-refractivity contribution in [3.05, 3.63) is 39.8 Å². The number of primary amides is 1. The molecule has 3 N–H and O–H groups in total. The minimum atomic E-state index is -0.431. The van der Waals surface area contributed by atoms with E-state index >= 15 is 0 Å². The quantitative estimate of drug-likeness (QED) is 0.657. The molecule has 0 saturated heterocycles. The summed E-state index contributed by atoms with van der Waals surface area (Å²) in [6.07, 6.45) is 1.72. The SMILES string of the molecule is CCCc1nn(C)c2c(=O)[nH]c(-c3cc(CC(N)=O)ccc3OCC)nc12. The van der Waals surface area contributed by atoms with E-state index in [-0.39, 0.29) is 12.0 Å². The number of ether oxygens (including phenoxy) is 1. The Balaban J connectivity index is 2.22. The van der Waals surface area contributed by atoms with E-state index < -0.39 is 5.91 Å². The molecule has 1 amide bonds. The number of aryl methyl sites for hydroxylation is 2. The molecule has 0 unspecified atom stereocenters. The van der Waals surface area contributed by atoms with Gasteiger partial charge in [-0.2, -0.15) is 5.10 Å². The van der Waals surface area contributed by atoms with Gasteiger partial charge in [0.25, 0.3) is 5.56 Å². The summed E-state index contributed by atoms with van der Waals surface area (Å²) in [4.78, 5) is 31.4. The Morgan fingerprint density at radius 3 is 2.78 bits per heavy atom. The van der Waals surface area contributed by atoms with E-state index in [0.717, 1.165) is 24.1 Å². The summed E-state index contributed by atoms with van der Waals surface area (Å²) in [5.41, 5.74) is 8.19. The Labute approximate surface area is 156 Å². The number of H-pyrrole nitrogens is 1. The normalized spacial score (nSPS) is 11.1. The molecule has 0 atom stereocenters. The van der Waals surface area contributed by atoms with Gasteiger partial charge in [-0.3, -0.25) is 14.3 Å². The predicted molar refractivity (Wildman–Crippen MR) is 103 cm³/mol. The topological polar surface area (TPSA) is 116 Å². The number of hydrogen-bond acceptors (Lipinski definition) is 5. The molecule has 0 radical (unpaired) electrons. The summed E-state index contributed by atoms with van der Waals surface area (Å²) >= 11 is 0. The van der Waals surface area contributed by atoms with Crippen LogP contribution in [0.5, 0.6) is 5.75 Å². The maximum absolute atomic E-state index is 12.7. The number of amides is 1. The molecule has 2 aromatic heterocycles. The Morgan fingerprint density at radius 2 is 2.11 bits per heavy atom. The van der Waals surface area contributed by atoms with Gasteiger partial charge in [0.05, 0.1) is 24.3 Å². The van der Waals surface area contributed by atoms with Crippen LogP contribution in [0.2, 0.25) is 0 Å². The third-order valence-corrected chi connectivity index (χ3v) is 4.23. The molecule has 3 aromatic rings. The van der Waals surface area contributed by atoms with Crippen molar-refractivity contribution in [2.24, 2.45) is 12.8 Å².